The molecule has 3 aromatic rings. The van der Waals surface area contributed by atoms with Gasteiger partial charge in [0, 0.05) is 25.4 Å². The molecule has 1 saturated carbocycles. The van der Waals surface area contributed by atoms with Gasteiger partial charge in [0.15, 0.2) is 0 Å². The van der Waals surface area contributed by atoms with Crippen LogP contribution in [0.15, 0.2) is 41.8 Å². The van der Waals surface area contributed by atoms with E-state index in [9.17, 15) is 14.4 Å². The second kappa shape index (κ2) is 13.7. The number of fused-ring (bicyclic) bond motifs is 1. The van der Waals surface area contributed by atoms with Crippen LogP contribution in [0.2, 0.25) is 0 Å². The lowest BCUT2D eigenvalue weighted by Crippen LogP contribution is -2.41. The molecule has 0 saturated heterocycles. The Morgan fingerprint density at radius 1 is 1.05 bits per heavy atom. The first kappa shape index (κ1) is 28.8. The van der Waals surface area contributed by atoms with Gasteiger partial charge in [0.05, 0.1) is 43.1 Å². The van der Waals surface area contributed by atoms with Gasteiger partial charge in [-0.05, 0) is 67.8 Å². The fourth-order valence-corrected chi connectivity index (χ4v) is 5.87. The molecule has 9 nitrogen and oxygen atoms in total. The summed E-state index contributed by atoms with van der Waals surface area (Å²) >= 11 is 1.54. The molecular formula is C29H37N3O6S. The van der Waals surface area contributed by atoms with E-state index >= 15 is 0 Å². The molecule has 0 bridgehead atoms. The molecule has 0 unspecified atom stereocenters. The van der Waals surface area contributed by atoms with Crippen LogP contribution in [0.1, 0.15) is 41.7 Å². The third kappa shape index (κ3) is 7.26. The zero-order valence-electron chi connectivity index (χ0n) is 22.8. The number of aryl methyl sites for hydroxylation is 1. The lowest BCUT2D eigenvalue weighted by Gasteiger charge is -2.28. The Kier molecular flexibility index (Phi) is 10.1. The summed E-state index contributed by atoms with van der Waals surface area (Å²) in [6, 6.07) is 11.6. The molecule has 1 aromatic carbocycles. The number of hydrogen-bond donors (Lipinski definition) is 1. The number of carbonyl (C=O) groups is 3. The first-order valence-electron chi connectivity index (χ1n) is 13.3. The molecular weight excluding hydrogens is 518 g/mol. The fourth-order valence-electron chi connectivity index (χ4n) is 5.05. The summed E-state index contributed by atoms with van der Waals surface area (Å²) in [6.07, 6.45) is 2.79. The van der Waals surface area contributed by atoms with Crippen molar-refractivity contribution in [3.63, 3.8) is 0 Å². The van der Waals surface area contributed by atoms with Gasteiger partial charge in [0.1, 0.15) is 12.2 Å². The number of hydrogen-bond acceptors (Lipinski definition) is 7. The third-order valence-corrected chi connectivity index (χ3v) is 8.00. The summed E-state index contributed by atoms with van der Waals surface area (Å²) in [5, 5.41) is 5.10. The number of amides is 2. The molecule has 0 radical (unpaired) electrons. The highest BCUT2D eigenvalue weighted by molar-refractivity contribution is 7.17. The molecule has 39 heavy (non-hydrogen) atoms. The van der Waals surface area contributed by atoms with E-state index in [1.54, 1.807) is 16.6 Å². The largest absolute Gasteiger partial charge is 0.469 e. The van der Waals surface area contributed by atoms with Crippen molar-refractivity contribution in [2.75, 3.05) is 45.5 Å². The Labute approximate surface area is 233 Å². The second-order valence-electron chi connectivity index (χ2n) is 9.82. The molecule has 210 valence electrons. The van der Waals surface area contributed by atoms with Crippen LogP contribution in [0.3, 0.4) is 0 Å². The standard InChI is InChI=1S/C29H37N3O6S/c1-20-5-4-6-23(17-20)31(12-13-38-15-14-36-2)27(33)19-32-24-11-16-39-26(24)18-25(32)28(34)30-22-9-7-21(8-10-22)29(35)37-3/h4-6,11,16-18,21-22H,7-10,12-15,19H2,1-3H3,(H,30,34)/t21-,22-. The van der Waals surface area contributed by atoms with E-state index in [4.69, 9.17) is 14.2 Å². The minimum atomic E-state index is -0.210. The number of carbonyl (C=O) groups excluding carboxylic acids is 3. The zero-order chi connectivity index (χ0) is 27.8. The molecule has 1 fully saturated rings. The summed E-state index contributed by atoms with van der Waals surface area (Å²) in [6.45, 7) is 3.69. The van der Waals surface area contributed by atoms with Crippen LogP contribution in [0.4, 0.5) is 5.69 Å². The van der Waals surface area contributed by atoms with Gasteiger partial charge in [-0.1, -0.05) is 12.1 Å². The average Bonchev–Trinajstić information content (AvgIpc) is 3.53. The molecule has 0 spiro atoms. The van der Waals surface area contributed by atoms with Gasteiger partial charge in [-0.15, -0.1) is 11.3 Å². The second-order valence-corrected chi connectivity index (χ2v) is 10.8. The zero-order valence-corrected chi connectivity index (χ0v) is 23.6. The van der Waals surface area contributed by atoms with Gasteiger partial charge in [-0.2, -0.15) is 0 Å². The number of nitrogens with one attached hydrogen (secondary N) is 1. The van der Waals surface area contributed by atoms with Crippen LogP contribution >= 0.6 is 11.3 Å². The number of nitrogens with zero attached hydrogens (tertiary/aromatic N) is 2. The number of anilines is 1. The highest BCUT2D eigenvalue weighted by atomic mass is 32.1. The molecule has 2 amide bonds. The molecule has 1 aliphatic rings. The van der Waals surface area contributed by atoms with Crippen molar-refractivity contribution >= 4 is 45.0 Å². The van der Waals surface area contributed by atoms with Crippen molar-refractivity contribution in [3.8, 4) is 0 Å². The topological polar surface area (TPSA) is 99.1 Å². The normalized spacial score (nSPS) is 17.2. The van der Waals surface area contributed by atoms with Gasteiger partial charge in [0.25, 0.3) is 5.91 Å². The van der Waals surface area contributed by atoms with Gasteiger partial charge in [0.2, 0.25) is 5.91 Å². The van der Waals surface area contributed by atoms with Crippen molar-refractivity contribution in [1.29, 1.82) is 0 Å². The van der Waals surface area contributed by atoms with E-state index in [0.29, 0.717) is 57.7 Å². The Morgan fingerprint density at radius 3 is 2.56 bits per heavy atom. The SMILES string of the molecule is COCCOCCN(C(=O)Cn1c(C(=O)N[C@H]2CC[C@H](C(=O)OC)CC2)cc2sccc21)c1cccc(C)c1. The lowest BCUT2D eigenvalue weighted by molar-refractivity contribution is -0.146. The molecule has 1 aliphatic carbocycles. The van der Waals surface area contributed by atoms with Crippen LogP contribution in [-0.2, 0) is 30.3 Å². The van der Waals surface area contributed by atoms with E-state index in [0.717, 1.165) is 21.5 Å². The van der Waals surface area contributed by atoms with Crippen molar-refractivity contribution in [1.82, 2.24) is 9.88 Å². The predicted octanol–water partition coefficient (Wildman–Crippen LogP) is 4.17. The van der Waals surface area contributed by atoms with Crippen molar-refractivity contribution in [3.05, 3.63) is 53.0 Å². The Balaban J connectivity index is 1.50. The Hall–Kier alpha value is -3.21. The summed E-state index contributed by atoms with van der Waals surface area (Å²) in [5.41, 5.74) is 3.15. The maximum atomic E-state index is 13.8. The van der Waals surface area contributed by atoms with Gasteiger partial charge >= 0.3 is 5.97 Å². The minimum Gasteiger partial charge on any atom is -0.469 e. The quantitative estimate of drug-likeness (QED) is 0.266. The first-order chi connectivity index (χ1) is 18.9. The van der Waals surface area contributed by atoms with Gasteiger partial charge in [-0.25, -0.2) is 0 Å². The van der Waals surface area contributed by atoms with Crippen LogP contribution < -0.4 is 10.2 Å². The molecule has 4 rings (SSSR count). The van der Waals surface area contributed by atoms with Crippen LogP contribution in [-0.4, -0.2) is 69.0 Å². The number of aromatic nitrogens is 1. The molecule has 1 N–H and O–H groups in total. The monoisotopic (exact) mass is 555 g/mol. The number of esters is 1. The Bertz CT molecular complexity index is 1280. The summed E-state index contributed by atoms with van der Waals surface area (Å²) in [7, 11) is 3.03. The van der Waals surface area contributed by atoms with Gasteiger partial charge in [-0.3, -0.25) is 14.4 Å². The lowest BCUT2D eigenvalue weighted by atomic mass is 9.86. The van der Waals surface area contributed by atoms with Crippen LogP contribution in [0, 0.1) is 12.8 Å². The molecule has 0 atom stereocenters. The summed E-state index contributed by atoms with van der Waals surface area (Å²) < 4.78 is 18.3. The fraction of sp³-hybridized carbons (Fsp3) is 0.483. The summed E-state index contributed by atoms with van der Waals surface area (Å²) in [5.74, 6) is -0.638. The average molecular weight is 556 g/mol. The third-order valence-electron chi connectivity index (χ3n) is 7.15. The molecule has 10 heteroatoms. The maximum absolute atomic E-state index is 13.8. The molecule has 2 aromatic heterocycles. The number of ether oxygens (including phenoxy) is 3. The van der Waals surface area contributed by atoms with Gasteiger partial charge < -0.3 is 29.0 Å². The van der Waals surface area contributed by atoms with E-state index in [2.05, 4.69) is 5.32 Å². The minimum absolute atomic E-state index is 0.0179. The summed E-state index contributed by atoms with van der Waals surface area (Å²) in [4.78, 5) is 40.8. The van der Waals surface area contributed by atoms with E-state index in [-0.39, 0.29) is 36.3 Å². The van der Waals surface area contributed by atoms with Crippen molar-refractivity contribution in [2.45, 2.75) is 45.2 Å². The van der Waals surface area contributed by atoms with E-state index in [1.807, 2.05) is 48.7 Å². The van der Waals surface area contributed by atoms with Crippen molar-refractivity contribution in [2.24, 2.45) is 5.92 Å². The molecule has 0 aliphatic heterocycles. The highest BCUT2D eigenvalue weighted by Crippen LogP contribution is 2.28. The van der Waals surface area contributed by atoms with Crippen molar-refractivity contribution < 1.29 is 28.6 Å². The number of benzene rings is 1. The molecule has 2 heterocycles. The van der Waals surface area contributed by atoms with Crippen LogP contribution in [0.25, 0.3) is 10.2 Å². The Morgan fingerprint density at radius 2 is 1.85 bits per heavy atom. The number of methoxy groups -OCH3 is 2. The van der Waals surface area contributed by atoms with E-state index < -0.39 is 0 Å². The van der Waals surface area contributed by atoms with E-state index in [1.165, 1.54) is 18.4 Å². The number of rotatable bonds is 12. The number of thiophene rings is 1. The first-order valence-corrected chi connectivity index (χ1v) is 14.2. The predicted molar refractivity (Wildman–Crippen MR) is 151 cm³/mol. The smallest absolute Gasteiger partial charge is 0.308 e. The van der Waals surface area contributed by atoms with Crippen LogP contribution in [0.5, 0.6) is 0 Å². The highest BCUT2D eigenvalue weighted by Gasteiger charge is 2.29. The maximum Gasteiger partial charge on any atom is 0.308 e.